The van der Waals surface area contributed by atoms with Crippen molar-refractivity contribution in [2.24, 2.45) is 0 Å². The zero-order valence-corrected chi connectivity index (χ0v) is 12.1. The number of hydrogen-bond acceptors (Lipinski definition) is 2. The predicted molar refractivity (Wildman–Crippen MR) is 83.1 cm³/mol. The average molecular weight is 302 g/mol. The van der Waals surface area contributed by atoms with E-state index in [0.717, 1.165) is 11.1 Å². The Morgan fingerprint density at radius 1 is 1.19 bits per heavy atom. The van der Waals surface area contributed by atoms with Crippen molar-refractivity contribution in [1.82, 2.24) is 9.78 Å². The van der Waals surface area contributed by atoms with Crippen molar-refractivity contribution in [1.29, 1.82) is 0 Å². The second kappa shape index (κ2) is 5.22. The molecule has 106 valence electrons. The molecule has 0 saturated heterocycles. The van der Waals surface area contributed by atoms with E-state index in [1.165, 1.54) is 12.1 Å². The van der Waals surface area contributed by atoms with Gasteiger partial charge < -0.3 is 5.73 Å². The Hall–Kier alpha value is -2.33. The molecule has 0 aliphatic rings. The van der Waals surface area contributed by atoms with E-state index >= 15 is 0 Å². The summed E-state index contributed by atoms with van der Waals surface area (Å²) in [7, 11) is 0. The number of rotatable bonds is 2. The van der Waals surface area contributed by atoms with Crippen LogP contribution in [0.3, 0.4) is 0 Å². The van der Waals surface area contributed by atoms with E-state index in [4.69, 9.17) is 17.3 Å². The Labute approximate surface area is 126 Å². The predicted octanol–water partition coefficient (Wildman–Crippen LogP) is 4.22. The lowest BCUT2D eigenvalue weighted by atomic mass is 10.1. The second-order valence-electron chi connectivity index (χ2n) is 4.85. The van der Waals surface area contributed by atoms with Crippen LogP contribution in [0.15, 0.2) is 48.7 Å². The minimum Gasteiger partial charge on any atom is -0.396 e. The van der Waals surface area contributed by atoms with Gasteiger partial charge in [0.2, 0.25) is 0 Å². The molecule has 0 saturated carbocycles. The molecule has 2 aromatic carbocycles. The van der Waals surface area contributed by atoms with Crippen molar-refractivity contribution < 1.29 is 4.39 Å². The third kappa shape index (κ3) is 2.62. The Kier molecular flexibility index (Phi) is 3.39. The highest BCUT2D eigenvalue weighted by molar-refractivity contribution is 6.30. The SMILES string of the molecule is Cc1cccc(-c2nn(-c3ccc(Cl)c(F)c3)cc2N)c1. The van der Waals surface area contributed by atoms with Crippen LogP contribution in [0.2, 0.25) is 5.02 Å². The number of aryl methyl sites for hydroxylation is 1. The molecule has 3 rings (SSSR count). The summed E-state index contributed by atoms with van der Waals surface area (Å²) in [6.07, 6.45) is 1.67. The first-order chi connectivity index (χ1) is 10.0. The van der Waals surface area contributed by atoms with Crippen LogP contribution >= 0.6 is 11.6 Å². The molecule has 3 aromatic rings. The van der Waals surface area contributed by atoms with Crippen molar-refractivity contribution in [3.05, 3.63) is 65.1 Å². The molecule has 21 heavy (non-hydrogen) atoms. The lowest BCUT2D eigenvalue weighted by Crippen LogP contribution is -1.96. The number of anilines is 1. The van der Waals surface area contributed by atoms with Gasteiger partial charge in [-0.25, -0.2) is 9.07 Å². The first-order valence-electron chi connectivity index (χ1n) is 6.42. The van der Waals surface area contributed by atoms with E-state index in [1.54, 1.807) is 16.9 Å². The molecular weight excluding hydrogens is 289 g/mol. The molecule has 0 amide bonds. The molecule has 3 nitrogen and oxygen atoms in total. The summed E-state index contributed by atoms with van der Waals surface area (Å²) in [5.74, 6) is -0.486. The lowest BCUT2D eigenvalue weighted by molar-refractivity contribution is 0.626. The van der Waals surface area contributed by atoms with Gasteiger partial charge in [0.05, 0.1) is 22.6 Å². The molecule has 1 aromatic heterocycles. The summed E-state index contributed by atoms with van der Waals surface area (Å²) < 4.78 is 15.1. The molecule has 0 spiro atoms. The summed E-state index contributed by atoms with van der Waals surface area (Å²) in [4.78, 5) is 0. The van der Waals surface area contributed by atoms with Gasteiger partial charge in [0, 0.05) is 11.6 Å². The summed E-state index contributed by atoms with van der Waals surface area (Å²) in [5.41, 5.74) is 9.87. The number of hydrogen-bond donors (Lipinski definition) is 1. The quantitative estimate of drug-likeness (QED) is 0.770. The lowest BCUT2D eigenvalue weighted by Gasteiger charge is -2.02. The zero-order chi connectivity index (χ0) is 15.0. The van der Waals surface area contributed by atoms with Crippen LogP contribution in [0.1, 0.15) is 5.56 Å². The van der Waals surface area contributed by atoms with E-state index in [0.29, 0.717) is 17.1 Å². The largest absolute Gasteiger partial charge is 0.396 e. The highest BCUT2D eigenvalue weighted by Gasteiger charge is 2.11. The van der Waals surface area contributed by atoms with Crippen LogP contribution in [0.5, 0.6) is 0 Å². The monoisotopic (exact) mass is 301 g/mol. The highest BCUT2D eigenvalue weighted by Crippen LogP contribution is 2.27. The normalized spacial score (nSPS) is 10.8. The Bertz CT molecular complexity index is 811. The third-order valence-corrected chi connectivity index (χ3v) is 3.51. The summed E-state index contributed by atoms with van der Waals surface area (Å²) in [6, 6.07) is 12.4. The smallest absolute Gasteiger partial charge is 0.143 e. The van der Waals surface area contributed by atoms with E-state index in [2.05, 4.69) is 5.10 Å². The topological polar surface area (TPSA) is 43.8 Å². The van der Waals surface area contributed by atoms with Gasteiger partial charge in [-0.2, -0.15) is 5.10 Å². The Morgan fingerprint density at radius 3 is 2.71 bits per heavy atom. The van der Waals surface area contributed by atoms with Gasteiger partial charge in [-0.1, -0.05) is 35.4 Å². The van der Waals surface area contributed by atoms with Crippen LogP contribution in [-0.2, 0) is 0 Å². The molecule has 5 heteroatoms. The maximum atomic E-state index is 13.5. The summed E-state index contributed by atoms with van der Waals surface area (Å²) >= 11 is 5.69. The highest BCUT2D eigenvalue weighted by atomic mass is 35.5. The molecular formula is C16H13ClFN3. The molecule has 0 radical (unpaired) electrons. The van der Waals surface area contributed by atoms with Gasteiger partial charge in [0.1, 0.15) is 11.5 Å². The van der Waals surface area contributed by atoms with Gasteiger partial charge in [0.25, 0.3) is 0 Å². The van der Waals surface area contributed by atoms with E-state index in [1.807, 2.05) is 31.2 Å². The third-order valence-electron chi connectivity index (χ3n) is 3.20. The van der Waals surface area contributed by atoms with Crippen LogP contribution < -0.4 is 5.73 Å². The first kappa shape index (κ1) is 13.6. The molecule has 1 heterocycles. The van der Waals surface area contributed by atoms with Crippen molar-refractivity contribution in [2.45, 2.75) is 6.92 Å². The van der Waals surface area contributed by atoms with Gasteiger partial charge in [-0.15, -0.1) is 0 Å². The van der Waals surface area contributed by atoms with Crippen molar-refractivity contribution in [2.75, 3.05) is 5.73 Å². The van der Waals surface area contributed by atoms with Crippen LogP contribution in [0.4, 0.5) is 10.1 Å². The second-order valence-corrected chi connectivity index (χ2v) is 5.25. The van der Waals surface area contributed by atoms with E-state index in [-0.39, 0.29) is 5.02 Å². The number of aromatic nitrogens is 2. The fraction of sp³-hybridized carbons (Fsp3) is 0.0625. The van der Waals surface area contributed by atoms with Gasteiger partial charge in [-0.05, 0) is 25.1 Å². The first-order valence-corrected chi connectivity index (χ1v) is 6.80. The number of benzene rings is 2. The zero-order valence-electron chi connectivity index (χ0n) is 11.3. The molecule has 0 aliphatic heterocycles. The molecule has 0 aliphatic carbocycles. The maximum Gasteiger partial charge on any atom is 0.143 e. The minimum absolute atomic E-state index is 0.0813. The fourth-order valence-electron chi connectivity index (χ4n) is 2.16. The Balaban J connectivity index is 2.07. The standard InChI is InChI=1S/C16H13ClFN3/c1-10-3-2-4-11(7-10)16-15(19)9-21(20-16)12-5-6-13(17)14(18)8-12/h2-9H,19H2,1H3. The fourth-order valence-corrected chi connectivity index (χ4v) is 2.28. The molecule has 2 N–H and O–H groups in total. The van der Waals surface area contributed by atoms with Gasteiger partial charge in [-0.3, -0.25) is 0 Å². The van der Waals surface area contributed by atoms with Crippen molar-refractivity contribution >= 4 is 17.3 Å². The molecule has 0 bridgehead atoms. The summed E-state index contributed by atoms with van der Waals surface area (Å²) in [6.45, 7) is 2.01. The van der Waals surface area contributed by atoms with Crippen molar-refractivity contribution in [3.63, 3.8) is 0 Å². The minimum atomic E-state index is -0.486. The number of halogens is 2. The van der Waals surface area contributed by atoms with Crippen LogP contribution in [0.25, 0.3) is 16.9 Å². The summed E-state index contributed by atoms with van der Waals surface area (Å²) in [5, 5.41) is 4.53. The number of nitrogens with two attached hydrogens (primary N) is 1. The molecule has 0 atom stereocenters. The van der Waals surface area contributed by atoms with Crippen molar-refractivity contribution in [3.8, 4) is 16.9 Å². The van der Waals surface area contributed by atoms with E-state index < -0.39 is 5.82 Å². The number of nitrogen functional groups attached to an aromatic ring is 1. The van der Waals surface area contributed by atoms with Crippen LogP contribution in [-0.4, -0.2) is 9.78 Å². The van der Waals surface area contributed by atoms with Crippen LogP contribution in [0, 0.1) is 12.7 Å². The van der Waals surface area contributed by atoms with E-state index in [9.17, 15) is 4.39 Å². The maximum absolute atomic E-state index is 13.5. The van der Waals surface area contributed by atoms with Gasteiger partial charge >= 0.3 is 0 Å². The van der Waals surface area contributed by atoms with Gasteiger partial charge in [0.15, 0.2) is 0 Å². The number of nitrogens with zero attached hydrogens (tertiary/aromatic N) is 2. The molecule has 0 fully saturated rings. The molecule has 0 unspecified atom stereocenters. The average Bonchev–Trinajstić information content (AvgIpc) is 2.84. The Morgan fingerprint density at radius 2 is 2.00 bits per heavy atom.